The van der Waals surface area contributed by atoms with Crippen LogP contribution in [0.25, 0.3) is 10.9 Å². The van der Waals surface area contributed by atoms with Crippen molar-refractivity contribution in [2.75, 3.05) is 10.6 Å². The standard InChI is InChI=1S/C18H14N6O2/c1-11-10-16(24-26-11)21-18(25)14-7-8-15(23-22-14)20-13-6-2-4-12-5-3-9-19-17(12)13/h2-10H,1H3,(H,20,23)(H,21,24,25). The van der Waals surface area contributed by atoms with Crippen molar-refractivity contribution in [2.45, 2.75) is 6.92 Å². The zero-order chi connectivity index (χ0) is 17.9. The van der Waals surface area contributed by atoms with Crippen molar-refractivity contribution in [1.29, 1.82) is 0 Å². The summed E-state index contributed by atoms with van der Waals surface area (Å²) in [6.07, 6.45) is 1.73. The first-order valence-electron chi connectivity index (χ1n) is 7.88. The Morgan fingerprint density at radius 3 is 2.69 bits per heavy atom. The van der Waals surface area contributed by atoms with Crippen molar-refractivity contribution in [3.63, 3.8) is 0 Å². The second-order valence-electron chi connectivity index (χ2n) is 5.59. The fourth-order valence-corrected chi connectivity index (χ4v) is 2.47. The van der Waals surface area contributed by atoms with Crippen LogP contribution in [0.1, 0.15) is 16.2 Å². The normalized spacial score (nSPS) is 10.7. The van der Waals surface area contributed by atoms with Gasteiger partial charge < -0.3 is 15.2 Å². The summed E-state index contributed by atoms with van der Waals surface area (Å²) in [6.45, 7) is 1.74. The van der Waals surface area contributed by atoms with Crippen molar-refractivity contribution in [2.24, 2.45) is 0 Å². The van der Waals surface area contributed by atoms with Crippen LogP contribution in [0.3, 0.4) is 0 Å². The van der Waals surface area contributed by atoms with Crippen LogP contribution in [0, 0.1) is 6.92 Å². The molecule has 0 atom stereocenters. The molecule has 0 unspecified atom stereocenters. The molecule has 1 amide bonds. The van der Waals surface area contributed by atoms with Crippen molar-refractivity contribution in [1.82, 2.24) is 20.3 Å². The van der Waals surface area contributed by atoms with Gasteiger partial charge in [-0.05, 0) is 31.2 Å². The van der Waals surface area contributed by atoms with Gasteiger partial charge in [0.15, 0.2) is 17.3 Å². The Balaban J connectivity index is 1.51. The zero-order valence-corrected chi connectivity index (χ0v) is 13.8. The lowest BCUT2D eigenvalue weighted by Gasteiger charge is -2.08. The van der Waals surface area contributed by atoms with Gasteiger partial charge in [-0.3, -0.25) is 9.78 Å². The van der Waals surface area contributed by atoms with Gasteiger partial charge in [0.1, 0.15) is 5.76 Å². The zero-order valence-electron chi connectivity index (χ0n) is 13.8. The summed E-state index contributed by atoms with van der Waals surface area (Å²) in [7, 11) is 0. The third kappa shape index (κ3) is 3.20. The lowest BCUT2D eigenvalue weighted by molar-refractivity contribution is 0.102. The van der Waals surface area contributed by atoms with E-state index in [2.05, 4.69) is 31.0 Å². The molecule has 4 aromatic rings. The minimum Gasteiger partial charge on any atom is -0.360 e. The Bertz CT molecular complexity index is 1070. The molecule has 0 fully saturated rings. The number of carbonyl (C=O) groups excluding carboxylic acids is 1. The summed E-state index contributed by atoms with van der Waals surface area (Å²) in [4.78, 5) is 16.5. The van der Waals surface area contributed by atoms with Gasteiger partial charge in [-0.1, -0.05) is 23.4 Å². The number of amides is 1. The molecule has 3 aromatic heterocycles. The topological polar surface area (TPSA) is 106 Å². The van der Waals surface area contributed by atoms with Gasteiger partial charge in [0, 0.05) is 17.6 Å². The van der Waals surface area contributed by atoms with Crippen molar-refractivity contribution >= 4 is 34.1 Å². The van der Waals surface area contributed by atoms with Crippen LogP contribution in [0.4, 0.5) is 17.3 Å². The van der Waals surface area contributed by atoms with E-state index in [1.165, 1.54) is 0 Å². The monoisotopic (exact) mass is 346 g/mol. The number of hydrogen-bond donors (Lipinski definition) is 2. The molecule has 26 heavy (non-hydrogen) atoms. The van der Waals surface area contributed by atoms with E-state index in [9.17, 15) is 4.79 Å². The molecule has 0 saturated carbocycles. The van der Waals surface area contributed by atoms with Crippen LogP contribution in [-0.4, -0.2) is 26.2 Å². The van der Waals surface area contributed by atoms with E-state index >= 15 is 0 Å². The second kappa shape index (κ2) is 6.60. The lowest BCUT2D eigenvalue weighted by atomic mass is 10.2. The first kappa shape index (κ1) is 15.7. The number of nitrogens with one attached hydrogen (secondary N) is 2. The second-order valence-corrected chi connectivity index (χ2v) is 5.59. The highest BCUT2D eigenvalue weighted by Crippen LogP contribution is 2.23. The number of pyridine rings is 1. The number of aryl methyl sites for hydroxylation is 1. The number of carbonyl (C=O) groups is 1. The Labute approximate surface area is 148 Å². The van der Waals surface area contributed by atoms with Crippen molar-refractivity contribution in [3.8, 4) is 0 Å². The first-order valence-corrected chi connectivity index (χ1v) is 7.88. The number of benzene rings is 1. The summed E-state index contributed by atoms with van der Waals surface area (Å²) in [5.41, 5.74) is 1.82. The van der Waals surface area contributed by atoms with E-state index in [1.807, 2.05) is 30.3 Å². The van der Waals surface area contributed by atoms with E-state index in [0.717, 1.165) is 16.6 Å². The maximum Gasteiger partial charge on any atom is 0.277 e. The highest BCUT2D eigenvalue weighted by molar-refractivity contribution is 6.02. The van der Waals surface area contributed by atoms with Crippen LogP contribution in [0.5, 0.6) is 0 Å². The van der Waals surface area contributed by atoms with E-state index < -0.39 is 5.91 Å². The molecule has 2 N–H and O–H groups in total. The molecule has 8 heteroatoms. The molecule has 0 spiro atoms. The highest BCUT2D eigenvalue weighted by Gasteiger charge is 2.11. The quantitative estimate of drug-likeness (QED) is 0.584. The number of rotatable bonds is 4. The van der Waals surface area contributed by atoms with E-state index in [1.54, 1.807) is 31.3 Å². The Morgan fingerprint density at radius 2 is 1.92 bits per heavy atom. The largest absolute Gasteiger partial charge is 0.360 e. The van der Waals surface area contributed by atoms with Gasteiger partial charge in [0.25, 0.3) is 5.91 Å². The number of fused-ring (bicyclic) bond motifs is 1. The SMILES string of the molecule is Cc1cc(NC(=O)c2ccc(Nc3cccc4cccnc34)nn2)no1. The smallest absolute Gasteiger partial charge is 0.277 e. The molecule has 4 rings (SSSR count). The van der Waals surface area contributed by atoms with Gasteiger partial charge in [0.2, 0.25) is 0 Å². The van der Waals surface area contributed by atoms with Gasteiger partial charge in [-0.15, -0.1) is 10.2 Å². The molecular weight excluding hydrogens is 332 g/mol. The van der Waals surface area contributed by atoms with Crippen molar-refractivity contribution < 1.29 is 9.32 Å². The molecule has 8 nitrogen and oxygen atoms in total. The molecule has 3 heterocycles. The lowest BCUT2D eigenvalue weighted by Crippen LogP contribution is -2.14. The van der Waals surface area contributed by atoms with E-state index in [0.29, 0.717) is 17.4 Å². The van der Waals surface area contributed by atoms with Gasteiger partial charge >= 0.3 is 0 Å². The van der Waals surface area contributed by atoms with Gasteiger partial charge in [-0.25, -0.2) is 0 Å². The van der Waals surface area contributed by atoms with Crippen LogP contribution < -0.4 is 10.6 Å². The Kier molecular flexibility index (Phi) is 3.98. The van der Waals surface area contributed by atoms with Crippen LogP contribution in [0.15, 0.2) is 59.3 Å². The molecule has 0 saturated heterocycles. The molecule has 0 bridgehead atoms. The fourth-order valence-electron chi connectivity index (χ4n) is 2.47. The molecule has 0 radical (unpaired) electrons. The maximum atomic E-state index is 12.1. The maximum absolute atomic E-state index is 12.1. The van der Waals surface area contributed by atoms with Crippen molar-refractivity contribution in [3.05, 3.63) is 66.2 Å². The van der Waals surface area contributed by atoms with E-state index in [4.69, 9.17) is 4.52 Å². The molecular formula is C18H14N6O2. The summed E-state index contributed by atoms with van der Waals surface area (Å²) in [6, 6.07) is 14.6. The Morgan fingerprint density at radius 1 is 1.04 bits per heavy atom. The van der Waals surface area contributed by atoms with Crippen LogP contribution >= 0.6 is 0 Å². The predicted molar refractivity (Wildman–Crippen MR) is 96.3 cm³/mol. The number of hydrogen-bond acceptors (Lipinski definition) is 7. The molecule has 128 valence electrons. The number of nitrogens with zero attached hydrogens (tertiary/aromatic N) is 4. The molecule has 1 aromatic carbocycles. The summed E-state index contributed by atoms with van der Waals surface area (Å²) >= 11 is 0. The molecule has 0 aliphatic heterocycles. The average Bonchev–Trinajstić information content (AvgIpc) is 3.07. The summed E-state index contributed by atoms with van der Waals surface area (Å²) in [5.74, 6) is 1.04. The molecule has 0 aliphatic rings. The molecule has 0 aliphatic carbocycles. The summed E-state index contributed by atoms with van der Waals surface area (Å²) < 4.78 is 4.91. The van der Waals surface area contributed by atoms with Gasteiger partial charge in [-0.2, -0.15) is 0 Å². The van der Waals surface area contributed by atoms with E-state index in [-0.39, 0.29) is 5.69 Å². The predicted octanol–water partition coefficient (Wildman–Crippen LogP) is 3.32. The van der Waals surface area contributed by atoms with Crippen LogP contribution in [0.2, 0.25) is 0 Å². The summed E-state index contributed by atoms with van der Waals surface area (Å²) in [5, 5.41) is 18.5. The third-order valence-electron chi connectivity index (χ3n) is 3.66. The fraction of sp³-hybridized carbons (Fsp3) is 0.0556. The minimum absolute atomic E-state index is 0.173. The number of anilines is 3. The highest BCUT2D eigenvalue weighted by atomic mass is 16.5. The Hall–Kier alpha value is -3.81. The number of aromatic nitrogens is 4. The van der Waals surface area contributed by atoms with Gasteiger partial charge in [0.05, 0.1) is 11.2 Å². The minimum atomic E-state index is -0.413. The third-order valence-corrected chi connectivity index (χ3v) is 3.66. The first-order chi connectivity index (χ1) is 12.7. The van der Waals surface area contributed by atoms with Crippen LogP contribution in [-0.2, 0) is 0 Å². The average molecular weight is 346 g/mol. The number of para-hydroxylation sites is 1.